The number of hydrogen-bond acceptors (Lipinski definition) is 4. The largest absolute Gasteiger partial charge is 0.479 e. The van der Waals surface area contributed by atoms with Crippen LogP contribution in [0.2, 0.25) is 0 Å². The van der Waals surface area contributed by atoms with Gasteiger partial charge in [0.1, 0.15) is 12.6 Å². The topological polar surface area (TPSA) is 105 Å². The lowest BCUT2D eigenvalue weighted by Gasteiger charge is -2.28. The molecule has 174 valence electrons. The maximum Gasteiger partial charge on any atom is 0.407 e. The molecular formula is C27H26N2O5. The van der Waals surface area contributed by atoms with Gasteiger partial charge in [-0.1, -0.05) is 78.9 Å². The van der Waals surface area contributed by atoms with Crippen molar-refractivity contribution in [1.29, 1.82) is 0 Å². The number of alkyl carbamates (subject to hydrolysis) is 1. The number of rotatable bonds is 7. The normalized spacial score (nSPS) is 14.8. The van der Waals surface area contributed by atoms with E-state index < -0.39 is 29.6 Å². The second kappa shape index (κ2) is 9.39. The molecule has 34 heavy (non-hydrogen) atoms. The quantitative estimate of drug-likeness (QED) is 0.496. The molecule has 0 bridgehead atoms. The Labute approximate surface area is 197 Å². The standard InChI is InChI=1S/C27H26N2O5/c1-17(24(30)29-27(2,25(31)32)18-10-4-3-5-11-18)28-26(33)34-16-23-21-14-8-6-12-19(21)20-13-7-9-15-22(20)23/h3-15,17,23H,16H2,1-2H3,(H,28,33)(H,29,30)(H,31,32). The zero-order chi connectivity index (χ0) is 24.3. The van der Waals surface area contributed by atoms with E-state index >= 15 is 0 Å². The van der Waals surface area contributed by atoms with Gasteiger partial charge in [-0.15, -0.1) is 0 Å². The molecule has 0 saturated carbocycles. The van der Waals surface area contributed by atoms with E-state index in [-0.39, 0.29) is 12.5 Å². The fourth-order valence-electron chi connectivity index (χ4n) is 4.26. The summed E-state index contributed by atoms with van der Waals surface area (Å²) in [6.07, 6.45) is -0.749. The molecule has 0 radical (unpaired) electrons. The molecule has 0 aliphatic heterocycles. The van der Waals surface area contributed by atoms with Gasteiger partial charge in [0.25, 0.3) is 0 Å². The Hall–Kier alpha value is -4.13. The Bertz CT molecular complexity index is 1180. The highest BCUT2D eigenvalue weighted by Crippen LogP contribution is 2.44. The van der Waals surface area contributed by atoms with Gasteiger partial charge in [-0.25, -0.2) is 9.59 Å². The molecule has 3 aromatic rings. The summed E-state index contributed by atoms with van der Waals surface area (Å²) in [5.74, 6) is -1.95. The number of amides is 2. The van der Waals surface area contributed by atoms with Gasteiger partial charge in [0.15, 0.2) is 5.54 Å². The van der Waals surface area contributed by atoms with Crippen molar-refractivity contribution in [1.82, 2.24) is 10.6 Å². The Balaban J connectivity index is 1.39. The van der Waals surface area contributed by atoms with Crippen molar-refractivity contribution in [2.45, 2.75) is 31.3 Å². The van der Waals surface area contributed by atoms with E-state index in [1.54, 1.807) is 30.3 Å². The molecule has 3 aromatic carbocycles. The first kappa shape index (κ1) is 23.0. The van der Waals surface area contributed by atoms with Gasteiger partial charge in [-0.2, -0.15) is 0 Å². The van der Waals surface area contributed by atoms with Crippen molar-refractivity contribution in [2.24, 2.45) is 0 Å². The molecule has 0 fully saturated rings. The fourth-order valence-corrected chi connectivity index (χ4v) is 4.26. The van der Waals surface area contributed by atoms with E-state index in [1.807, 2.05) is 48.5 Å². The minimum atomic E-state index is -1.64. The van der Waals surface area contributed by atoms with Crippen LogP contribution in [0.25, 0.3) is 11.1 Å². The predicted octanol–water partition coefficient (Wildman–Crippen LogP) is 4.03. The molecule has 2 unspecified atom stereocenters. The first-order valence-corrected chi connectivity index (χ1v) is 11.0. The van der Waals surface area contributed by atoms with Crippen LogP contribution in [0.4, 0.5) is 4.79 Å². The maximum atomic E-state index is 12.7. The van der Waals surface area contributed by atoms with E-state index in [0.717, 1.165) is 22.3 Å². The van der Waals surface area contributed by atoms with Gasteiger partial charge in [0, 0.05) is 5.92 Å². The van der Waals surface area contributed by atoms with Crippen LogP contribution >= 0.6 is 0 Å². The molecule has 1 aliphatic carbocycles. The molecule has 7 nitrogen and oxygen atoms in total. The Morgan fingerprint density at radius 1 is 0.912 bits per heavy atom. The zero-order valence-corrected chi connectivity index (χ0v) is 18.9. The molecule has 0 spiro atoms. The number of carboxylic acids is 1. The lowest BCUT2D eigenvalue weighted by Crippen LogP contribution is -2.55. The Kier molecular flexibility index (Phi) is 6.36. The lowest BCUT2D eigenvalue weighted by molar-refractivity contribution is -0.147. The van der Waals surface area contributed by atoms with E-state index in [9.17, 15) is 19.5 Å². The summed E-state index contributed by atoms with van der Waals surface area (Å²) in [7, 11) is 0. The number of fused-ring (bicyclic) bond motifs is 3. The van der Waals surface area contributed by atoms with E-state index in [0.29, 0.717) is 5.56 Å². The monoisotopic (exact) mass is 458 g/mol. The number of hydrogen-bond donors (Lipinski definition) is 3. The summed E-state index contributed by atoms with van der Waals surface area (Å²) in [6, 6.07) is 23.4. The third kappa shape index (κ3) is 4.37. The summed E-state index contributed by atoms with van der Waals surface area (Å²) in [4.78, 5) is 37.1. The second-order valence-corrected chi connectivity index (χ2v) is 8.48. The minimum absolute atomic E-state index is 0.101. The van der Waals surface area contributed by atoms with E-state index in [2.05, 4.69) is 10.6 Å². The third-order valence-corrected chi connectivity index (χ3v) is 6.22. The maximum absolute atomic E-state index is 12.7. The number of ether oxygens (including phenoxy) is 1. The highest BCUT2D eigenvalue weighted by molar-refractivity contribution is 5.91. The molecule has 2 amide bonds. The molecule has 1 aliphatic rings. The lowest BCUT2D eigenvalue weighted by atomic mass is 9.91. The minimum Gasteiger partial charge on any atom is -0.479 e. The summed E-state index contributed by atoms with van der Waals surface area (Å²) in [5, 5.41) is 14.8. The summed E-state index contributed by atoms with van der Waals surface area (Å²) in [6.45, 7) is 3.00. The molecular weight excluding hydrogens is 432 g/mol. The van der Waals surface area contributed by atoms with Gasteiger partial charge in [-0.3, -0.25) is 4.79 Å². The summed E-state index contributed by atoms with van der Waals surface area (Å²) < 4.78 is 5.48. The molecule has 3 N–H and O–H groups in total. The molecule has 0 heterocycles. The SMILES string of the molecule is CC(NC(=O)OCC1c2ccccc2-c2ccccc21)C(=O)NC(C)(C(=O)O)c1ccccc1. The fraction of sp³-hybridized carbons (Fsp3) is 0.222. The van der Waals surface area contributed by atoms with Gasteiger partial charge in [0.2, 0.25) is 5.91 Å². The molecule has 0 aromatic heterocycles. The molecule has 0 saturated heterocycles. The van der Waals surface area contributed by atoms with Gasteiger partial charge in [-0.05, 0) is 41.7 Å². The number of carbonyl (C=O) groups is 3. The molecule has 7 heteroatoms. The number of carbonyl (C=O) groups excluding carboxylic acids is 2. The summed E-state index contributed by atoms with van der Waals surface area (Å²) >= 11 is 0. The number of carboxylic acid groups (broad SMARTS) is 1. The predicted molar refractivity (Wildman–Crippen MR) is 127 cm³/mol. The van der Waals surface area contributed by atoms with Gasteiger partial charge < -0.3 is 20.5 Å². The number of aliphatic carboxylic acids is 1. The van der Waals surface area contributed by atoms with E-state index in [4.69, 9.17) is 4.74 Å². The highest BCUT2D eigenvalue weighted by Gasteiger charge is 2.38. The van der Waals surface area contributed by atoms with Crippen LogP contribution in [0.5, 0.6) is 0 Å². The number of benzene rings is 3. The van der Waals surface area contributed by atoms with Crippen LogP contribution in [0.3, 0.4) is 0 Å². The van der Waals surface area contributed by atoms with Crippen LogP contribution in [0, 0.1) is 0 Å². The smallest absolute Gasteiger partial charge is 0.407 e. The second-order valence-electron chi connectivity index (χ2n) is 8.48. The average molecular weight is 459 g/mol. The third-order valence-electron chi connectivity index (χ3n) is 6.22. The van der Waals surface area contributed by atoms with Crippen molar-refractivity contribution < 1.29 is 24.2 Å². The zero-order valence-electron chi connectivity index (χ0n) is 18.9. The molecule has 2 atom stereocenters. The van der Waals surface area contributed by atoms with Crippen LogP contribution in [-0.2, 0) is 19.9 Å². The first-order chi connectivity index (χ1) is 16.3. The molecule has 4 rings (SSSR count). The van der Waals surface area contributed by atoms with Gasteiger partial charge >= 0.3 is 12.1 Å². The Morgan fingerprint density at radius 3 is 2.00 bits per heavy atom. The highest BCUT2D eigenvalue weighted by atomic mass is 16.5. The van der Waals surface area contributed by atoms with Crippen molar-refractivity contribution in [3.8, 4) is 11.1 Å². The van der Waals surface area contributed by atoms with Crippen molar-refractivity contribution >= 4 is 18.0 Å². The van der Waals surface area contributed by atoms with Crippen LogP contribution in [0.1, 0.15) is 36.5 Å². The van der Waals surface area contributed by atoms with Gasteiger partial charge in [0.05, 0.1) is 0 Å². The number of nitrogens with one attached hydrogen (secondary N) is 2. The van der Waals surface area contributed by atoms with Crippen LogP contribution in [-0.4, -0.2) is 35.7 Å². The first-order valence-electron chi connectivity index (χ1n) is 11.0. The van der Waals surface area contributed by atoms with Crippen LogP contribution < -0.4 is 10.6 Å². The van der Waals surface area contributed by atoms with Crippen LogP contribution in [0.15, 0.2) is 78.9 Å². The Morgan fingerprint density at radius 2 is 1.44 bits per heavy atom. The van der Waals surface area contributed by atoms with Crippen molar-refractivity contribution in [3.05, 3.63) is 95.6 Å². The van der Waals surface area contributed by atoms with Crippen molar-refractivity contribution in [2.75, 3.05) is 6.61 Å². The summed E-state index contributed by atoms with van der Waals surface area (Å²) in [5.41, 5.74) is 3.19. The average Bonchev–Trinajstić information content (AvgIpc) is 3.16. The van der Waals surface area contributed by atoms with Crippen molar-refractivity contribution in [3.63, 3.8) is 0 Å². The van der Waals surface area contributed by atoms with E-state index in [1.165, 1.54) is 13.8 Å².